The van der Waals surface area contributed by atoms with Crippen LogP contribution in [-0.2, 0) is 0 Å². The van der Waals surface area contributed by atoms with Gasteiger partial charge in [0.15, 0.2) is 0 Å². The third-order valence-electron chi connectivity index (χ3n) is 9.39. The van der Waals surface area contributed by atoms with Gasteiger partial charge in [0.1, 0.15) is 0 Å². The van der Waals surface area contributed by atoms with E-state index in [0.717, 1.165) is 67.8 Å². The number of anilines is 6. The van der Waals surface area contributed by atoms with E-state index in [9.17, 15) is 0 Å². The summed E-state index contributed by atoms with van der Waals surface area (Å²) in [6.45, 7) is 16.0. The lowest BCUT2D eigenvalue weighted by atomic mass is 10.0. The van der Waals surface area contributed by atoms with Crippen molar-refractivity contribution in [3.63, 3.8) is 0 Å². The average molecular weight is 761 g/mol. The molecule has 2 heterocycles. The van der Waals surface area contributed by atoms with Crippen LogP contribution < -0.4 is 9.80 Å². The van der Waals surface area contributed by atoms with Crippen LogP contribution in [0.4, 0.5) is 34.6 Å². The van der Waals surface area contributed by atoms with Gasteiger partial charge in [-0.3, -0.25) is 9.80 Å². The van der Waals surface area contributed by atoms with Crippen LogP contribution in [0.25, 0.3) is 33.4 Å². The van der Waals surface area contributed by atoms with E-state index in [1.165, 1.54) is 11.1 Å². The number of aromatic nitrogens is 4. The zero-order valence-electron chi connectivity index (χ0n) is 34.8. The molecule has 0 N–H and O–H groups in total. The molecule has 6 aromatic carbocycles. The zero-order valence-corrected chi connectivity index (χ0v) is 34.8. The minimum atomic E-state index is 0.641. The molecule has 0 spiro atoms. The van der Waals surface area contributed by atoms with Crippen molar-refractivity contribution in [3.05, 3.63) is 193 Å². The van der Waals surface area contributed by atoms with Gasteiger partial charge in [0.25, 0.3) is 0 Å². The van der Waals surface area contributed by atoms with Gasteiger partial charge in [0.2, 0.25) is 11.9 Å². The second-order valence-corrected chi connectivity index (χ2v) is 13.5. The molecule has 0 fully saturated rings. The molecule has 6 nitrogen and oxygen atoms in total. The van der Waals surface area contributed by atoms with Gasteiger partial charge in [-0.1, -0.05) is 137 Å². The Morgan fingerprint density at radius 1 is 0.276 bits per heavy atom. The Balaban J connectivity index is 0.00000138. The monoisotopic (exact) mass is 760 g/mol. The lowest BCUT2D eigenvalue weighted by Gasteiger charge is -2.25. The van der Waals surface area contributed by atoms with Crippen LogP contribution >= 0.6 is 0 Å². The second kappa shape index (κ2) is 19.3. The van der Waals surface area contributed by atoms with Crippen LogP contribution in [0.1, 0.15) is 50.5 Å². The summed E-state index contributed by atoms with van der Waals surface area (Å²) in [4.78, 5) is 23.7. The molecule has 2 aromatic heterocycles. The standard InChI is InChI=1S/C48H40N6.2C2H6/c1-33-31-34(2)50-47(49-33)53(43-23-15-39(16-24-43)37-11-7-5-8-12-37)45-27-19-41(20-28-45)42-21-29-46(30-22-42)54(48-51-35(3)32-36(4)52-48)44-25-17-40(18-26-44)38-13-9-6-10-14-38;2*1-2/h5-32H,1-4H3;2*1-2H3. The maximum absolute atomic E-state index is 4.86. The van der Waals surface area contributed by atoms with Crippen molar-refractivity contribution in [3.8, 4) is 33.4 Å². The van der Waals surface area contributed by atoms with Crippen molar-refractivity contribution in [1.29, 1.82) is 0 Å². The highest BCUT2D eigenvalue weighted by atomic mass is 15.3. The van der Waals surface area contributed by atoms with E-state index >= 15 is 0 Å². The fourth-order valence-electron chi connectivity index (χ4n) is 6.85. The second-order valence-electron chi connectivity index (χ2n) is 13.5. The van der Waals surface area contributed by atoms with Gasteiger partial charge in [0, 0.05) is 45.5 Å². The lowest BCUT2D eigenvalue weighted by molar-refractivity contribution is 1.01. The van der Waals surface area contributed by atoms with Crippen molar-refractivity contribution in [1.82, 2.24) is 19.9 Å². The molecule has 8 aromatic rings. The number of benzene rings is 6. The predicted octanol–water partition coefficient (Wildman–Crippen LogP) is 14.5. The van der Waals surface area contributed by atoms with Crippen LogP contribution in [0.3, 0.4) is 0 Å². The molecule has 0 bridgehead atoms. The van der Waals surface area contributed by atoms with Gasteiger partial charge >= 0.3 is 0 Å². The summed E-state index contributed by atoms with van der Waals surface area (Å²) >= 11 is 0. The number of hydrogen-bond acceptors (Lipinski definition) is 6. The molecule has 8 rings (SSSR count). The van der Waals surface area contributed by atoms with Crippen molar-refractivity contribution < 1.29 is 0 Å². The van der Waals surface area contributed by atoms with E-state index in [0.29, 0.717) is 11.9 Å². The van der Waals surface area contributed by atoms with Gasteiger partial charge in [-0.2, -0.15) is 0 Å². The Hall–Kier alpha value is -6.92. The molecule has 0 aliphatic rings. The minimum absolute atomic E-state index is 0.641. The molecule has 0 unspecified atom stereocenters. The summed E-state index contributed by atoms with van der Waals surface area (Å²) in [6.07, 6.45) is 0. The topological polar surface area (TPSA) is 58.0 Å². The highest BCUT2D eigenvalue weighted by Crippen LogP contribution is 2.38. The predicted molar refractivity (Wildman–Crippen MR) is 245 cm³/mol. The average Bonchev–Trinajstić information content (AvgIpc) is 3.26. The van der Waals surface area contributed by atoms with Gasteiger partial charge in [-0.25, -0.2) is 19.9 Å². The SMILES string of the molecule is CC.CC.Cc1cc(C)nc(N(c2ccc(-c3ccccc3)cc2)c2ccc(-c3ccc(N(c4ccc(-c5ccccc5)cc4)c4nc(C)cc(C)n4)cc3)cc2)n1. The third-order valence-corrected chi connectivity index (χ3v) is 9.39. The quantitative estimate of drug-likeness (QED) is 0.146. The highest BCUT2D eigenvalue weighted by Gasteiger charge is 2.19. The molecule has 0 aliphatic carbocycles. The van der Waals surface area contributed by atoms with E-state index < -0.39 is 0 Å². The Morgan fingerprint density at radius 2 is 0.483 bits per heavy atom. The van der Waals surface area contributed by atoms with Gasteiger partial charge in [0.05, 0.1) is 0 Å². The number of aryl methyl sites for hydroxylation is 4. The van der Waals surface area contributed by atoms with E-state index in [1.54, 1.807) is 0 Å². The molecule has 6 heteroatoms. The summed E-state index contributed by atoms with van der Waals surface area (Å²) in [7, 11) is 0. The molecule has 58 heavy (non-hydrogen) atoms. The van der Waals surface area contributed by atoms with Crippen LogP contribution in [-0.4, -0.2) is 19.9 Å². The minimum Gasteiger partial charge on any atom is -0.279 e. The summed E-state index contributed by atoms with van der Waals surface area (Å²) in [5, 5.41) is 0. The normalized spacial score (nSPS) is 10.4. The van der Waals surface area contributed by atoms with Crippen molar-refractivity contribution in [2.24, 2.45) is 0 Å². The van der Waals surface area contributed by atoms with Crippen LogP contribution in [0.2, 0.25) is 0 Å². The molecule has 0 amide bonds. The number of rotatable bonds is 9. The largest absolute Gasteiger partial charge is 0.279 e. The van der Waals surface area contributed by atoms with Crippen LogP contribution in [0.15, 0.2) is 170 Å². The Morgan fingerprint density at radius 3 is 0.707 bits per heavy atom. The molecule has 0 saturated heterocycles. The zero-order chi connectivity index (χ0) is 41.0. The Kier molecular flexibility index (Phi) is 13.5. The molecular formula is C52H52N6. The van der Waals surface area contributed by atoms with Crippen LogP contribution in [0.5, 0.6) is 0 Å². The van der Waals surface area contributed by atoms with E-state index in [4.69, 9.17) is 19.9 Å². The molecular weight excluding hydrogens is 709 g/mol. The Bertz CT molecular complexity index is 2280. The molecule has 0 atom stereocenters. The first-order valence-electron chi connectivity index (χ1n) is 20.1. The maximum atomic E-state index is 4.86. The first-order valence-corrected chi connectivity index (χ1v) is 20.1. The fourth-order valence-corrected chi connectivity index (χ4v) is 6.85. The lowest BCUT2D eigenvalue weighted by Crippen LogP contribution is -2.14. The fraction of sp³-hybridized carbons (Fsp3) is 0.154. The summed E-state index contributed by atoms with van der Waals surface area (Å²) < 4.78 is 0. The molecule has 290 valence electrons. The molecule has 0 aliphatic heterocycles. The van der Waals surface area contributed by atoms with Gasteiger partial charge in [-0.15, -0.1) is 0 Å². The highest BCUT2D eigenvalue weighted by molar-refractivity contribution is 5.80. The summed E-state index contributed by atoms with van der Waals surface area (Å²) in [6, 6.07) is 59.2. The summed E-state index contributed by atoms with van der Waals surface area (Å²) in [5.41, 5.74) is 14.5. The number of nitrogens with zero attached hydrogens (tertiary/aromatic N) is 6. The number of hydrogen-bond donors (Lipinski definition) is 0. The third kappa shape index (κ3) is 9.54. The first kappa shape index (κ1) is 40.7. The maximum Gasteiger partial charge on any atom is 0.235 e. The van der Waals surface area contributed by atoms with Gasteiger partial charge < -0.3 is 0 Å². The van der Waals surface area contributed by atoms with Crippen molar-refractivity contribution in [2.75, 3.05) is 9.80 Å². The van der Waals surface area contributed by atoms with E-state index in [2.05, 4.69) is 155 Å². The van der Waals surface area contributed by atoms with E-state index in [-0.39, 0.29) is 0 Å². The van der Waals surface area contributed by atoms with Crippen molar-refractivity contribution in [2.45, 2.75) is 55.4 Å². The first-order chi connectivity index (χ1) is 28.4. The van der Waals surface area contributed by atoms with Crippen molar-refractivity contribution >= 4 is 34.6 Å². The van der Waals surface area contributed by atoms with Gasteiger partial charge in [-0.05, 0) is 122 Å². The summed E-state index contributed by atoms with van der Waals surface area (Å²) in [5.74, 6) is 1.28. The smallest absolute Gasteiger partial charge is 0.235 e. The van der Waals surface area contributed by atoms with E-state index in [1.807, 2.05) is 79.7 Å². The van der Waals surface area contributed by atoms with Crippen LogP contribution in [0, 0.1) is 27.7 Å². The molecule has 0 saturated carbocycles. The molecule has 0 radical (unpaired) electrons. The Labute approximate surface area is 344 Å².